The standard InChI is InChI=1S/C27H30O4/c1-26(2,23-16-10-6-11-17-23)30-28-25(21-20-22-14-8-5-9-15-22)29-31-27(3,4)24-18-12-7-13-19-24/h5-21,25H,1-4H3. The molecule has 3 aromatic rings. The first-order chi connectivity index (χ1) is 14.9. The average molecular weight is 419 g/mol. The molecule has 0 aromatic heterocycles. The van der Waals surface area contributed by atoms with Gasteiger partial charge in [-0.05, 0) is 50.5 Å². The second-order valence-electron chi connectivity index (χ2n) is 8.25. The Labute approximate surface area is 184 Å². The molecule has 3 rings (SSSR count). The molecule has 3 aromatic carbocycles. The normalized spacial score (nSPS) is 12.5. The number of hydrogen-bond acceptors (Lipinski definition) is 4. The fraction of sp³-hybridized carbons (Fsp3) is 0.259. The van der Waals surface area contributed by atoms with Crippen LogP contribution in [-0.4, -0.2) is 6.29 Å². The van der Waals surface area contributed by atoms with E-state index >= 15 is 0 Å². The largest absolute Gasteiger partial charge is 0.243 e. The summed E-state index contributed by atoms with van der Waals surface area (Å²) in [6.45, 7) is 7.76. The fourth-order valence-corrected chi connectivity index (χ4v) is 2.94. The zero-order chi connectivity index (χ0) is 22.2. The molecule has 0 radical (unpaired) electrons. The molecule has 0 spiro atoms. The van der Waals surface area contributed by atoms with Crippen LogP contribution in [0.25, 0.3) is 6.08 Å². The minimum Gasteiger partial charge on any atom is -0.223 e. The van der Waals surface area contributed by atoms with Crippen LogP contribution in [0.5, 0.6) is 0 Å². The van der Waals surface area contributed by atoms with Crippen LogP contribution in [-0.2, 0) is 30.8 Å². The predicted molar refractivity (Wildman–Crippen MR) is 123 cm³/mol. The first-order valence-electron chi connectivity index (χ1n) is 10.4. The topological polar surface area (TPSA) is 36.9 Å². The Hall–Kier alpha value is -2.76. The van der Waals surface area contributed by atoms with E-state index in [1.807, 2.05) is 125 Å². The van der Waals surface area contributed by atoms with Gasteiger partial charge in [0.15, 0.2) is 0 Å². The summed E-state index contributed by atoms with van der Waals surface area (Å²) in [6.07, 6.45) is 2.80. The van der Waals surface area contributed by atoms with E-state index in [4.69, 9.17) is 19.6 Å². The highest BCUT2D eigenvalue weighted by Crippen LogP contribution is 2.28. The molecule has 0 bridgehead atoms. The van der Waals surface area contributed by atoms with Crippen molar-refractivity contribution in [2.75, 3.05) is 0 Å². The first kappa shape index (κ1) is 22.9. The summed E-state index contributed by atoms with van der Waals surface area (Å²) in [6, 6.07) is 29.7. The Morgan fingerprint density at radius 3 is 1.39 bits per heavy atom. The van der Waals surface area contributed by atoms with Gasteiger partial charge in [-0.15, -0.1) is 0 Å². The lowest BCUT2D eigenvalue weighted by Crippen LogP contribution is -2.29. The van der Waals surface area contributed by atoms with Crippen molar-refractivity contribution in [3.05, 3.63) is 114 Å². The third-order valence-electron chi connectivity index (χ3n) is 4.89. The van der Waals surface area contributed by atoms with Crippen LogP contribution in [0.1, 0.15) is 44.4 Å². The van der Waals surface area contributed by atoms with E-state index in [9.17, 15) is 0 Å². The molecule has 162 valence electrons. The second kappa shape index (κ2) is 10.5. The molecule has 0 N–H and O–H groups in total. The van der Waals surface area contributed by atoms with Gasteiger partial charge in [-0.3, -0.25) is 0 Å². The fourth-order valence-electron chi connectivity index (χ4n) is 2.94. The van der Waals surface area contributed by atoms with Crippen molar-refractivity contribution in [3.63, 3.8) is 0 Å². The molecular formula is C27H30O4. The highest BCUT2D eigenvalue weighted by Gasteiger charge is 2.27. The van der Waals surface area contributed by atoms with Crippen LogP contribution in [0.2, 0.25) is 0 Å². The Bertz CT molecular complexity index is 879. The van der Waals surface area contributed by atoms with Gasteiger partial charge in [-0.2, -0.15) is 9.78 Å². The SMILES string of the molecule is CC(C)(OOC(C=Cc1ccccc1)OOC(C)(C)c1ccccc1)c1ccccc1. The van der Waals surface area contributed by atoms with Gasteiger partial charge in [0, 0.05) is 0 Å². The summed E-state index contributed by atoms with van der Waals surface area (Å²) in [7, 11) is 0. The zero-order valence-corrected chi connectivity index (χ0v) is 18.5. The van der Waals surface area contributed by atoms with Crippen LogP contribution in [0.4, 0.5) is 0 Å². The highest BCUT2D eigenvalue weighted by atomic mass is 17.3. The van der Waals surface area contributed by atoms with Gasteiger partial charge in [-0.25, -0.2) is 9.78 Å². The molecule has 0 heterocycles. The molecule has 0 fully saturated rings. The van der Waals surface area contributed by atoms with Crippen LogP contribution < -0.4 is 0 Å². The van der Waals surface area contributed by atoms with Crippen LogP contribution >= 0.6 is 0 Å². The molecular weight excluding hydrogens is 388 g/mol. The van der Waals surface area contributed by atoms with Crippen LogP contribution in [0.15, 0.2) is 97.1 Å². The van der Waals surface area contributed by atoms with Crippen molar-refractivity contribution in [3.8, 4) is 0 Å². The highest BCUT2D eigenvalue weighted by molar-refractivity contribution is 5.48. The third kappa shape index (κ3) is 6.88. The number of hydrogen-bond donors (Lipinski definition) is 0. The minimum absolute atomic E-state index is 0.668. The predicted octanol–water partition coefficient (Wildman–Crippen LogP) is 6.79. The van der Waals surface area contributed by atoms with Crippen LogP contribution in [0, 0.1) is 0 Å². The summed E-state index contributed by atoms with van der Waals surface area (Å²) < 4.78 is 0. The van der Waals surface area contributed by atoms with E-state index in [0.717, 1.165) is 16.7 Å². The van der Waals surface area contributed by atoms with E-state index in [0.29, 0.717) is 0 Å². The monoisotopic (exact) mass is 418 g/mol. The molecule has 0 aliphatic carbocycles. The lowest BCUT2D eigenvalue weighted by Gasteiger charge is -2.28. The number of rotatable bonds is 10. The van der Waals surface area contributed by atoms with Crippen molar-refractivity contribution < 1.29 is 19.6 Å². The lowest BCUT2D eigenvalue weighted by atomic mass is 9.99. The maximum Gasteiger partial charge on any atom is 0.243 e. The molecule has 0 saturated heterocycles. The van der Waals surface area contributed by atoms with E-state index < -0.39 is 17.5 Å². The molecule has 31 heavy (non-hydrogen) atoms. The Kier molecular flexibility index (Phi) is 7.77. The minimum atomic E-state index is -0.869. The summed E-state index contributed by atoms with van der Waals surface area (Å²) in [5, 5.41) is 0. The molecule has 0 saturated carbocycles. The van der Waals surface area contributed by atoms with Gasteiger partial charge in [0.25, 0.3) is 0 Å². The summed E-state index contributed by atoms with van der Waals surface area (Å²) in [4.78, 5) is 22.9. The molecule has 0 amide bonds. The molecule has 0 unspecified atom stereocenters. The van der Waals surface area contributed by atoms with E-state index in [1.54, 1.807) is 6.08 Å². The maximum atomic E-state index is 5.78. The number of benzene rings is 3. The molecule has 0 atom stereocenters. The third-order valence-corrected chi connectivity index (χ3v) is 4.89. The molecule has 0 aliphatic rings. The van der Waals surface area contributed by atoms with Crippen LogP contribution in [0.3, 0.4) is 0 Å². The average Bonchev–Trinajstić information content (AvgIpc) is 2.80. The van der Waals surface area contributed by atoms with E-state index in [-0.39, 0.29) is 0 Å². The quantitative estimate of drug-likeness (QED) is 0.206. The Morgan fingerprint density at radius 2 is 0.968 bits per heavy atom. The van der Waals surface area contributed by atoms with Crippen molar-refractivity contribution in [2.45, 2.75) is 45.2 Å². The molecule has 4 heteroatoms. The smallest absolute Gasteiger partial charge is 0.223 e. The van der Waals surface area contributed by atoms with Gasteiger partial charge in [0.2, 0.25) is 6.29 Å². The van der Waals surface area contributed by atoms with Crippen molar-refractivity contribution in [2.24, 2.45) is 0 Å². The van der Waals surface area contributed by atoms with E-state index in [1.165, 1.54) is 0 Å². The van der Waals surface area contributed by atoms with Gasteiger partial charge in [0.1, 0.15) is 11.2 Å². The summed E-state index contributed by atoms with van der Waals surface area (Å²) >= 11 is 0. The van der Waals surface area contributed by atoms with Gasteiger partial charge >= 0.3 is 0 Å². The van der Waals surface area contributed by atoms with Crippen molar-refractivity contribution >= 4 is 6.08 Å². The van der Waals surface area contributed by atoms with Crippen molar-refractivity contribution in [1.82, 2.24) is 0 Å². The lowest BCUT2D eigenvalue weighted by molar-refractivity contribution is -0.492. The first-order valence-corrected chi connectivity index (χ1v) is 10.4. The Balaban J connectivity index is 1.71. The van der Waals surface area contributed by atoms with Gasteiger partial charge in [0.05, 0.1) is 0 Å². The van der Waals surface area contributed by atoms with Gasteiger partial charge < -0.3 is 0 Å². The maximum absolute atomic E-state index is 5.78. The van der Waals surface area contributed by atoms with Gasteiger partial charge in [-0.1, -0.05) is 97.1 Å². The summed E-state index contributed by atoms with van der Waals surface area (Å²) in [5.41, 5.74) is 1.67. The molecule has 0 aliphatic heterocycles. The molecule has 4 nitrogen and oxygen atoms in total. The Morgan fingerprint density at radius 1 is 0.581 bits per heavy atom. The van der Waals surface area contributed by atoms with Crippen molar-refractivity contribution in [1.29, 1.82) is 0 Å². The second-order valence-corrected chi connectivity index (χ2v) is 8.25. The zero-order valence-electron chi connectivity index (χ0n) is 18.5. The summed E-state index contributed by atoms with van der Waals surface area (Å²) in [5.74, 6) is 0. The van der Waals surface area contributed by atoms with E-state index in [2.05, 4.69) is 0 Å².